The molecule has 0 spiro atoms. The van der Waals surface area contributed by atoms with E-state index in [1.54, 1.807) is 6.20 Å². The van der Waals surface area contributed by atoms with Crippen molar-refractivity contribution in [3.63, 3.8) is 0 Å². The number of anilines is 1. The second-order valence-corrected chi connectivity index (χ2v) is 5.58. The molecule has 3 heterocycles. The highest BCUT2D eigenvalue weighted by atomic mass is 32.1. The minimum Gasteiger partial charge on any atom is -0.379 e. The van der Waals surface area contributed by atoms with Crippen molar-refractivity contribution in [1.82, 2.24) is 9.78 Å². The minimum absolute atomic E-state index is 0.0830. The molecule has 0 bridgehead atoms. The predicted molar refractivity (Wildman–Crippen MR) is 73.7 cm³/mol. The maximum Gasteiger partial charge on any atom is 0.265 e. The molecular formula is C13H15N3O2S. The lowest BCUT2D eigenvalue weighted by molar-refractivity contribution is 0.103. The molecular weight excluding hydrogens is 262 g/mol. The van der Waals surface area contributed by atoms with E-state index in [0.717, 1.165) is 29.2 Å². The Hall–Kier alpha value is -1.66. The van der Waals surface area contributed by atoms with E-state index in [1.807, 2.05) is 29.2 Å². The Balaban J connectivity index is 1.68. The van der Waals surface area contributed by atoms with Gasteiger partial charge in [0.2, 0.25) is 0 Å². The Bertz CT molecular complexity index is 584. The lowest BCUT2D eigenvalue weighted by Crippen LogP contribution is -2.10. The smallest absolute Gasteiger partial charge is 0.265 e. The van der Waals surface area contributed by atoms with E-state index in [0.29, 0.717) is 6.61 Å². The van der Waals surface area contributed by atoms with Crippen LogP contribution >= 0.6 is 11.3 Å². The third-order valence-corrected chi connectivity index (χ3v) is 4.14. The van der Waals surface area contributed by atoms with E-state index in [1.165, 1.54) is 11.3 Å². The van der Waals surface area contributed by atoms with Gasteiger partial charge >= 0.3 is 0 Å². The molecule has 0 saturated carbocycles. The van der Waals surface area contributed by atoms with Gasteiger partial charge in [-0.25, -0.2) is 0 Å². The van der Waals surface area contributed by atoms with Crippen molar-refractivity contribution in [3.8, 4) is 0 Å². The topological polar surface area (TPSA) is 56.2 Å². The quantitative estimate of drug-likeness (QED) is 0.937. The van der Waals surface area contributed by atoms with Crippen LogP contribution in [-0.4, -0.2) is 28.9 Å². The Labute approximate surface area is 115 Å². The number of aromatic nitrogens is 2. The summed E-state index contributed by atoms with van der Waals surface area (Å²) in [7, 11) is 0. The Morgan fingerprint density at radius 1 is 1.63 bits per heavy atom. The molecule has 3 rings (SSSR count). The Kier molecular flexibility index (Phi) is 3.35. The molecule has 1 atom stereocenters. The maximum absolute atomic E-state index is 12.0. The zero-order chi connectivity index (χ0) is 13.2. The van der Waals surface area contributed by atoms with E-state index in [-0.39, 0.29) is 11.9 Å². The van der Waals surface area contributed by atoms with Gasteiger partial charge < -0.3 is 10.1 Å². The lowest BCUT2D eigenvalue weighted by Gasteiger charge is -2.06. The fourth-order valence-electron chi connectivity index (χ4n) is 2.08. The predicted octanol–water partition coefficient (Wildman–Crippen LogP) is 2.47. The van der Waals surface area contributed by atoms with Crippen molar-refractivity contribution in [2.24, 2.45) is 0 Å². The summed E-state index contributed by atoms with van der Waals surface area (Å²) >= 11 is 1.45. The summed E-state index contributed by atoms with van der Waals surface area (Å²) in [5.41, 5.74) is 1.83. The summed E-state index contributed by atoms with van der Waals surface area (Å²) in [5.74, 6) is -0.0830. The molecule has 100 valence electrons. The van der Waals surface area contributed by atoms with Crippen LogP contribution in [0.5, 0.6) is 0 Å². The number of nitrogens with one attached hydrogen (secondary N) is 1. The summed E-state index contributed by atoms with van der Waals surface area (Å²) in [6, 6.07) is 2.17. The highest BCUT2D eigenvalue weighted by Crippen LogP contribution is 2.20. The van der Waals surface area contributed by atoms with Gasteiger partial charge in [-0.1, -0.05) is 0 Å². The maximum atomic E-state index is 12.0. The van der Waals surface area contributed by atoms with Crippen LogP contribution in [0.15, 0.2) is 23.8 Å². The van der Waals surface area contributed by atoms with E-state index in [9.17, 15) is 4.79 Å². The molecule has 5 nitrogen and oxygen atoms in total. The molecule has 0 unspecified atom stereocenters. The standard InChI is InChI=1S/C13H15N3O2S/c1-9-4-12(19-8-9)13(17)15-10-5-14-16(6-10)11-2-3-18-7-11/h4-6,8,11H,2-3,7H2,1H3,(H,15,17)/t11-/m1/s1. The molecule has 0 aliphatic carbocycles. The molecule has 1 aliphatic rings. The highest BCUT2D eigenvalue weighted by Gasteiger charge is 2.18. The van der Waals surface area contributed by atoms with Crippen LogP contribution in [0.4, 0.5) is 5.69 Å². The van der Waals surface area contributed by atoms with Crippen molar-refractivity contribution in [2.45, 2.75) is 19.4 Å². The van der Waals surface area contributed by atoms with Crippen molar-refractivity contribution in [1.29, 1.82) is 0 Å². The van der Waals surface area contributed by atoms with Crippen molar-refractivity contribution in [3.05, 3.63) is 34.3 Å². The molecule has 1 N–H and O–H groups in total. The molecule has 1 fully saturated rings. The fraction of sp³-hybridized carbons (Fsp3) is 0.385. The molecule has 1 amide bonds. The molecule has 2 aromatic rings. The first-order valence-electron chi connectivity index (χ1n) is 6.21. The second-order valence-electron chi connectivity index (χ2n) is 4.67. The first kappa shape index (κ1) is 12.4. The summed E-state index contributed by atoms with van der Waals surface area (Å²) in [6.45, 7) is 3.45. The Morgan fingerprint density at radius 2 is 2.53 bits per heavy atom. The molecule has 6 heteroatoms. The third kappa shape index (κ3) is 2.69. The minimum atomic E-state index is -0.0830. The summed E-state index contributed by atoms with van der Waals surface area (Å²) in [6.07, 6.45) is 4.51. The van der Waals surface area contributed by atoms with Gasteiger partial charge in [0.25, 0.3) is 5.91 Å². The lowest BCUT2D eigenvalue weighted by atomic mass is 10.3. The molecule has 19 heavy (non-hydrogen) atoms. The van der Waals surface area contributed by atoms with E-state index in [2.05, 4.69) is 10.4 Å². The SMILES string of the molecule is Cc1csc(C(=O)Nc2cnn([C@@H]3CCOC3)c2)c1. The largest absolute Gasteiger partial charge is 0.379 e. The normalized spacial score (nSPS) is 18.7. The number of hydrogen-bond acceptors (Lipinski definition) is 4. The number of carbonyl (C=O) groups excluding carboxylic acids is 1. The number of rotatable bonds is 3. The van der Waals surface area contributed by atoms with Crippen molar-refractivity contribution < 1.29 is 9.53 Å². The van der Waals surface area contributed by atoms with Gasteiger partial charge in [0.05, 0.1) is 29.4 Å². The number of carbonyl (C=O) groups is 1. The van der Waals surface area contributed by atoms with Gasteiger partial charge in [0, 0.05) is 12.8 Å². The average molecular weight is 277 g/mol. The zero-order valence-corrected chi connectivity index (χ0v) is 11.4. The zero-order valence-electron chi connectivity index (χ0n) is 10.6. The molecule has 0 radical (unpaired) electrons. The number of aryl methyl sites for hydroxylation is 1. The Morgan fingerprint density at radius 3 is 3.21 bits per heavy atom. The monoisotopic (exact) mass is 277 g/mol. The summed E-state index contributed by atoms with van der Waals surface area (Å²) in [4.78, 5) is 12.7. The highest BCUT2D eigenvalue weighted by molar-refractivity contribution is 7.12. The fourth-order valence-corrected chi connectivity index (χ4v) is 2.87. The first-order chi connectivity index (χ1) is 9.22. The van der Waals surface area contributed by atoms with Crippen LogP contribution < -0.4 is 5.32 Å². The number of ether oxygens (including phenoxy) is 1. The molecule has 1 saturated heterocycles. The number of hydrogen-bond donors (Lipinski definition) is 1. The van der Waals surface area contributed by atoms with Crippen LogP contribution in [0.25, 0.3) is 0 Å². The molecule has 0 aromatic carbocycles. The number of amides is 1. The van der Waals surface area contributed by atoms with E-state index >= 15 is 0 Å². The van der Waals surface area contributed by atoms with Crippen LogP contribution in [0, 0.1) is 6.92 Å². The summed E-state index contributed by atoms with van der Waals surface area (Å²) < 4.78 is 7.19. The molecule has 1 aliphatic heterocycles. The van der Waals surface area contributed by atoms with Gasteiger partial charge in [-0.05, 0) is 30.4 Å². The van der Waals surface area contributed by atoms with E-state index < -0.39 is 0 Å². The van der Waals surface area contributed by atoms with Gasteiger partial charge in [-0.15, -0.1) is 11.3 Å². The van der Waals surface area contributed by atoms with E-state index in [4.69, 9.17) is 4.74 Å². The van der Waals surface area contributed by atoms with Gasteiger partial charge in [-0.3, -0.25) is 9.48 Å². The van der Waals surface area contributed by atoms with Crippen LogP contribution in [-0.2, 0) is 4.74 Å². The van der Waals surface area contributed by atoms with Crippen LogP contribution in [0.1, 0.15) is 27.7 Å². The van der Waals surface area contributed by atoms with Crippen molar-refractivity contribution >= 4 is 22.9 Å². The van der Waals surface area contributed by atoms with Gasteiger partial charge in [0.15, 0.2) is 0 Å². The summed E-state index contributed by atoms with van der Waals surface area (Å²) in [5, 5.41) is 9.10. The third-order valence-electron chi connectivity index (χ3n) is 3.09. The number of thiophene rings is 1. The average Bonchev–Trinajstić information content (AvgIpc) is 3.07. The van der Waals surface area contributed by atoms with Gasteiger partial charge in [0.1, 0.15) is 0 Å². The number of nitrogens with zero attached hydrogens (tertiary/aromatic N) is 2. The van der Waals surface area contributed by atoms with Crippen molar-refractivity contribution in [2.75, 3.05) is 18.5 Å². The van der Waals surface area contributed by atoms with Crippen LogP contribution in [0.3, 0.4) is 0 Å². The van der Waals surface area contributed by atoms with Gasteiger partial charge in [-0.2, -0.15) is 5.10 Å². The first-order valence-corrected chi connectivity index (χ1v) is 7.09. The molecule has 2 aromatic heterocycles. The second kappa shape index (κ2) is 5.14. The van der Waals surface area contributed by atoms with Crippen LogP contribution in [0.2, 0.25) is 0 Å².